The third-order valence-electron chi connectivity index (χ3n) is 4.00. The van der Waals surface area contributed by atoms with Crippen molar-refractivity contribution in [1.29, 1.82) is 0 Å². The Morgan fingerprint density at radius 3 is 2.35 bits per heavy atom. The average molecular weight is 364 g/mol. The molecule has 0 aromatic heterocycles. The van der Waals surface area contributed by atoms with Crippen molar-refractivity contribution in [3.63, 3.8) is 0 Å². The highest BCUT2D eigenvalue weighted by Gasteiger charge is 2.30. The van der Waals surface area contributed by atoms with E-state index in [4.69, 9.17) is 19.9 Å². The second kappa shape index (κ2) is 9.65. The highest BCUT2D eigenvalue weighted by Crippen LogP contribution is 2.18. The van der Waals surface area contributed by atoms with Gasteiger partial charge in [0.15, 0.2) is 13.2 Å². The number of nitrogens with zero attached hydrogens (tertiary/aromatic N) is 1. The highest BCUT2D eigenvalue weighted by atomic mass is 16.6. The van der Waals surface area contributed by atoms with Crippen molar-refractivity contribution >= 4 is 17.8 Å². The van der Waals surface area contributed by atoms with Crippen molar-refractivity contribution in [3.8, 4) is 11.5 Å². The van der Waals surface area contributed by atoms with Crippen molar-refractivity contribution in [2.45, 2.75) is 32.2 Å². The predicted octanol–water partition coefficient (Wildman–Crippen LogP) is 0.874. The first-order valence-corrected chi connectivity index (χ1v) is 8.61. The quantitative estimate of drug-likeness (QED) is 0.686. The number of hydrogen-bond donors (Lipinski definition) is 1. The lowest BCUT2D eigenvalue weighted by molar-refractivity contribution is -0.156. The Labute approximate surface area is 152 Å². The summed E-state index contributed by atoms with van der Waals surface area (Å²) in [5.74, 6) is -0.439. The van der Waals surface area contributed by atoms with Crippen molar-refractivity contribution in [3.05, 3.63) is 24.3 Å². The molecule has 8 nitrogen and oxygen atoms in total. The molecule has 0 aliphatic carbocycles. The van der Waals surface area contributed by atoms with Gasteiger partial charge in [-0.3, -0.25) is 9.59 Å². The number of primary amides is 1. The number of amides is 2. The second-order valence-electron chi connectivity index (χ2n) is 5.85. The molecule has 1 aromatic carbocycles. The first-order valence-electron chi connectivity index (χ1n) is 8.61. The van der Waals surface area contributed by atoms with Gasteiger partial charge in [0.1, 0.15) is 17.5 Å². The van der Waals surface area contributed by atoms with Crippen molar-refractivity contribution in [2.75, 3.05) is 26.4 Å². The van der Waals surface area contributed by atoms with Gasteiger partial charge in [-0.25, -0.2) is 4.79 Å². The number of likely N-dealkylation sites (tertiary alicyclic amines) is 1. The smallest absolute Gasteiger partial charge is 0.344 e. The van der Waals surface area contributed by atoms with E-state index in [1.807, 2.05) is 6.92 Å². The number of hydrogen-bond acceptors (Lipinski definition) is 6. The number of carbonyl (C=O) groups is 3. The van der Waals surface area contributed by atoms with Crippen LogP contribution in [0.5, 0.6) is 11.5 Å². The Kier molecular flexibility index (Phi) is 7.25. The van der Waals surface area contributed by atoms with Gasteiger partial charge in [-0.2, -0.15) is 0 Å². The molecule has 0 bridgehead atoms. The molecule has 1 heterocycles. The molecule has 2 amide bonds. The van der Waals surface area contributed by atoms with Crippen molar-refractivity contribution < 1.29 is 28.6 Å². The van der Waals surface area contributed by atoms with Crippen LogP contribution in [-0.4, -0.2) is 55.1 Å². The lowest BCUT2D eigenvalue weighted by atomic mass is 10.0. The zero-order valence-corrected chi connectivity index (χ0v) is 14.8. The van der Waals surface area contributed by atoms with Crippen LogP contribution >= 0.6 is 0 Å². The number of rotatable bonds is 8. The third kappa shape index (κ3) is 5.65. The van der Waals surface area contributed by atoms with E-state index in [-0.39, 0.29) is 6.61 Å². The van der Waals surface area contributed by atoms with Gasteiger partial charge < -0.3 is 24.8 Å². The first-order chi connectivity index (χ1) is 12.5. The van der Waals surface area contributed by atoms with Gasteiger partial charge in [0.05, 0.1) is 6.61 Å². The number of nitrogens with two attached hydrogens (primary N) is 1. The summed E-state index contributed by atoms with van der Waals surface area (Å²) < 4.78 is 15.6. The van der Waals surface area contributed by atoms with Gasteiger partial charge in [0, 0.05) is 6.54 Å². The van der Waals surface area contributed by atoms with Gasteiger partial charge in [0.2, 0.25) is 5.91 Å². The zero-order valence-electron chi connectivity index (χ0n) is 14.8. The van der Waals surface area contributed by atoms with Crippen LogP contribution in [0.15, 0.2) is 24.3 Å². The van der Waals surface area contributed by atoms with E-state index in [0.717, 1.165) is 12.8 Å². The predicted molar refractivity (Wildman–Crippen MR) is 92.6 cm³/mol. The van der Waals surface area contributed by atoms with Crippen molar-refractivity contribution in [2.24, 2.45) is 5.73 Å². The molecule has 1 fully saturated rings. The molecule has 1 saturated heterocycles. The van der Waals surface area contributed by atoms with Crippen LogP contribution in [0.4, 0.5) is 0 Å². The molecule has 8 heteroatoms. The molecule has 0 saturated carbocycles. The molecular formula is C18H24N2O6. The largest absolute Gasteiger partial charge is 0.494 e. The molecule has 0 radical (unpaired) electrons. The Morgan fingerprint density at radius 2 is 1.73 bits per heavy atom. The lowest BCUT2D eigenvalue weighted by Gasteiger charge is -2.33. The Bertz CT molecular complexity index is 631. The topological polar surface area (TPSA) is 108 Å². The number of piperidine rings is 1. The van der Waals surface area contributed by atoms with Gasteiger partial charge in [-0.15, -0.1) is 0 Å². The van der Waals surface area contributed by atoms with E-state index < -0.39 is 30.4 Å². The molecule has 1 atom stereocenters. The fourth-order valence-electron chi connectivity index (χ4n) is 2.73. The zero-order chi connectivity index (χ0) is 18.9. The van der Waals surface area contributed by atoms with Crippen molar-refractivity contribution in [1.82, 2.24) is 4.90 Å². The van der Waals surface area contributed by atoms with Crippen LogP contribution in [0.3, 0.4) is 0 Å². The van der Waals surface area contributed by atoms with Crippen LogP contribution in [-0.2, 0) is 19.1 Å². The molecule has 0 unspecified atom stereocenters. The summed E-state index contributed by atoms with van der Waals surface area (Å²) >= 11 is 0. The van der Waals surface area contributed by atoms with E-state index in [1.165, 1.54) is 4.90 Å². The summed E-state index contributed by atoms with van der Waals surface area (Å²) in [6, 6.07) is 6.18. The summed E-state index contributed by atoms with van der Waals surface area (Å²) in [6.45, 7) is 2.13. The molecule has 1 aromatic rings. The molecule has 1 aliphatic rings. The summed E-state index contributed by atoms with van der Waals surface area (Å²) in [5, 5.41) is 0. The standard InChI is InChI=1S/C18H24N2O6/c1-2-24-13-6-8-14(9-7-13)25-12-17(22)26-11-16(21)20-10-4-3-5-15(20)18(19)23/h6-9,15H,2-5,10-12H2,1H3,(H2,19,23)/t15-/m1/s1. The second-order valence-corrected chi connectivity index (χ2v) is 5.85. The maximum atomic E-state index is 12.2. The summed E-state index contributed by atoms with van der Waals surface area (Å²) in [5.41, 5.74) is 5.32. The maximum Gasteiger partial charge on any atom is 0.344 e. The van der Waals surface area contributed by atoms with E-state index in [2.05, 4.69) is 0 Å². The molecule has 2 rings (SSSR count). The Morgan fingerprint density at radius 1 is 1.08 bits per heavy atom. The van der Waals surface area contributed by atoms with E-state index >= 15 is 0 Å². The molecule has 26 heavy (non-hydrogen) atoms. The van der Waals surface area contributed by atoms with Gasteiger partial charge >= 0.3 is 5.97 Å². The van der Waals surface area contributed by atoms with Gasteiger partial charge in [-0.05, 0) is 50.5 Å². The molecule has 2 N–H and O–H groups in total. The number of ether oxygens (including phenoxy) is 3. The summed E-state index contributed by atoms with van der Waals surface area (Å²) in [4.78, 5) is 36.7. The summed E-state index contributed by atoms with van der Waals surface area (Å²) in [6.07, 6.45) is 2.17. The van der Waals surface area contributed by atoms with Crippen LogP contribution in [0.1, 0.15) is 26.2 Å². The number of carbonyl (C=O) groups excluding carboxylic acids is 3. The first kappa shape index (κ1) is 19.6. The van der Waals surface area contributed by atoms with Crippen LogP contribution in [0.25, 0.3) is 0 Å². The normalized spacial score (nSPS) is 16.7. The van der Waals surface area contributed by atoms with Crippen LogP contribution in [0, 0.1) is 0 Å². The van der Waals surface area contributed by atoms with Gasteiger partial charge in [0.25, 0.3) is 5.91 Å². The number of benzene rings is 1. The van der Waals surface area contributed by atoms with E-state index in [1.54, 1.807) is 24.3 Å². The molecule has 142 valence electrons. The lowest BCUT2D eigenvalue weighted by Crippen LogP contribution is -2.51. The van der Waals surface area contributed by atoms with Crippen LogP contribution in [0.2, 0.25) is 0 Å². The monoisotopic (exact) mass is 364 g/mol. The molecular weight excluding hydrogens is 340 g/mol. The minimum Gasteiger partial charge on any atom is -0.494 e. The minimum atomic E-state index is -0.667. The summed E-state index contributed by atoms with van der Waals surface area (Å²) in [7, 11) is 0. The fourth-order valence-corrected chi connectivity index (χ4v) is 2.73. The van der Waals surface area contributed by atoms with E-state index in [9.17, 15) is 14.4 Å². The highest BCUT2D eigenvalue weighted by molar-refractivity contribution is 5.88. The van der Waals surface area contributed by atoms with Crippen LogP contribution < -0.4 is 15.2 Å². The third-order valence-corrected chi connectivity index (χ3v) is 4.00. The van der Waals surface area contributed by atoms with Gasteiger partial charge in [-0.1, -0.05) is 0 Å². The fraction of sp³-hybridized carbons (Fsp3) is 0.500. The average Bonchev–Trinajstić information content (AvgIpc) is 2.65. The molecule has 1 aliphatic heterocycles. The Balaban J connectivity index is 1.75. The maximum absolute atomic E-state index is 12.2. The van der Waals surface area contributed by atoms with E-state index in [0.29, 0.717) is 31.1 Å². The minimum absolute atomic E-state index is 0.319. The number of esters is 1. The SMILES string of the molecule is CCOc1ccc(OCC(=O)OCC(=O)N2CCCC[C@@H]2C(N)=O)cc1. The molecule has 0 spiro atoms. The Hall–Kier alpha value is -2.77.